The van der Waals surface area contributed by atoms with E-state index in [2.05, 4.69) is 17.2 Å². The number of phosphoric acid groups is 1. The first-order valence-corrected chi connectivity index (χ1v) is 11.6. The maximum atomic E-state index is 13.2. The highest BCUT2D eigenvalue weighted by atomic mass is 31.2. The third kappa shape index (κ3) is 8.27. The highest BCUT2D eigenvalue weighted by Crippen LogP contribution is 2.43. The summed E-state index contributed by atoms with van der Waals surface area (Å²) in [5, 5.41) is 4.38. The van der Waals surface area contributed by atoms with E-state index >= 15 is 0 Å². The molecule has 1 unspecified atom stereocenters. The van der Waals surface area contributed by atoms with Crippen LogP contribution in [0.3, 0.4) is 0 Å². The van der Waals surface area contributed by atoms with Gasteiger partial charge in [-0.3, -0.25) is 4.98 Å². The molecule has 0 bridgehead atoms. The van der Waals surface area contributed by atoms with Gasteiger partial charge in [0.25, 0.3) is 0 Å². The molecule has 3 rings (SSSR count). The molecule has 0 saturated carbocycles. The van der Waals surface area contributed by atoms with Gasteiger partial charge in [-0.2, -0.15) is 0 Å². The molecule has 3 aromatic rings. The molecule has 0 aliphatic carbocycles. The number of hydrogen-bond acceptors (Lipinski definition) is 8. The van der Waals surface area contributed by atoms with Crippen molar-refractivity contribution in [2.75, 3.05) is 19.0 Å². The normalized spacial score (nSPS) is 12.0. The van der Waals surface area contributed by atoms with Gasteiger partial charge < -0.3 is 39.8 Å². The van der Waals surface area contributed by atoms with E-state index in [1.165, 1.54) is 12.1 Å². The van der Waals surface area contributed by atoms with Crippen LogP contribution in [-0.2, 0) is 4.57 Å². The fourth-order valence-corrected chi connectivity index (χ4v) is 3.18. The summed E-state index contributed by atoms with van der Waals surface area (Å²) in [6.07, 6.45) is 3.68. The summed E-state index contributed by atoms with van der Waals surface area (Å²) in [6.45, 7) is 4.78. The number of aryl methyl sites for hydroxylation is 1. The Morgan fingerprint density at radius 2 is 1.91 bits per heavy atom. The zero-order valence-corrected chi connectivity index (χ0v) is 19.5. The molecule has 0 radical (unpaired) electrons. The van der Waals surface area contributed by atoms with Gasteiger partial charge in [0.05, 0.1) is 31.5 Å². The lowest BCUT2D eigenvalue weighted by Gasteiger charge is -2.20. The summed E-state index contributed by atoms with van der Waals surface area (Å²) < 4.78 is 33.6. The molecule has 0 fully saturated rings. The summed E-state index contributed by atoms with van der Waals surface area (Å²) >= 11 is 0. The lowest BCUT2D eigenvalue weighted by Crippen LogP contribution is -2.17. The Hall–Kier alpha value is -2.75. The number of rotatable bonds is 8. The van der Waals surface area contributed by atoms with Crippen molar-refractivity contribution in [3.8, 4) is 17.2 Å². The van der Waals surface area contributed by atoms with Gasteiger partial charge in [-0.25, -0.2) is 4.39 Å². The van der Waals surface area contributed by atoms with E-state index in [1.807, 2.05) is 19.1 Å². The van der Waals surface area contributed by atoms with Gasteiger partial charge in [-0.05, 0) is 69.1 Å². The molecule has 0 amide bonds. The van der Waals surface area contributed by atoms with Crippen molar-refractivity contribution in [3.63, 3.8) is 0 Å². The topological polar surface area (TPSA) is 153 Å². The molecule has 0 saturated heterocycles. The first-order valence-electron chi connectivity index (χ1n) is 10.1. The summed E-state index contributed by atoms with van der Waals surface area (Å²) in [6, 6.07) is 9.98. The van der Waals surface area contributed by atoms with Gasteiger partial charge in [-0.1, -0.05) is 0 Å². The zero-order chi connectivity index (χ0) is 24.6. The predicted octanol–water partition coefficient (Wildman–Crippen LogP) is 2.83. The number of pyridine rings is 1. The average molecular weight is 479 g/mol. The monoisotopic (exact) mass is 479 g/mol. The third-order valence-corrected chi connectivity index (χ3v) is 4.64. The van der Waals surface area contributed by atoms with Crippen molar-refractivity contribution in [1.82, 2.24) is 4.98 Å². The van der Waals surface area contributed by atoms with Crippen molar-refractivity contribution in [1.29, 1.82) is 0 Å². The van der Waals surface area contributed by atoms with E-state index in [-0.39, 0.29) is 11.9 Å². The van der Waals surface area contributed by atoms with E-state index < -0.39 is 7.82 Å². The molecule has 0 spiro atoms. The van der Waals surface area contributed by atoms with Crippen LogP contribution in [0.5, 0.6) is 17.2 Å². The van der Waals surface area contributed by atoms with Crippen LogP contribution >= 0.6 is 7.82 Å². The van der Waals surface area contributed by atoms with Crippen LogP contribution in [0, 0.1) is 12.7 Å². The molecule has 33 heavy (non-hydrogen) atoms. The molecule has 0 aliphatic heterocycles. The molecule has 9 nitrogen and oxygen atoms in total. The minimum atomic E-state index is -5.14. The number of nitrogens with zero attached hydrogens (tertiary/aromatic N) is 1. The van der Waals surface area contributed by atoms with Crippen LogP contribution in [0.2, 0.25) is 0 Å². The third-order valence-electron chi connectivity index (χ3n) is 4.64. The van der Waals surface area contributed by atoms with E-state index in [1.54, 1.807) is 25.4 Å². The highest BCUT2D eigenvalue weighted by Gasteiger charge is 2.19. The Labute approximate surface area is 191 Å². The quantitative estimate of drug-likeness (QED) is 0.414. The van der Waals surface area contributed by atoms with Crippen molar-refractivity contribution < 1.29 is 33.1 Å². The summed E-state index contributed by atoms with van der Waals surface area (Å²) in [5.41, 5.74) is 8.33. The van der Waals surface area contributed by atoms with Gasteiger partial charge in [-0.15, -0.1) is 0 Å². The van der Waals surface area contributed by atoms with Crippen molar-refractivity contribution >= 4 is 24.4 Å². The lowest BCUT2D eigenvalue weighted by atomic mass is 10.1. The SMILES string of the molecule is COc1cc(NC(C)CCCN)c2nccc(C)c2c1Oc1ccc(F)cc1.O=P([O-])([O-])O. The summed E-state index contributed by atoms with van der Waals surface area (Å²) in [5.74, 6) is 1.37. The lowest BCUT2D eigenvalue weighted by molar-refractivity contribution is -0.337. The molecule has 0 aliphatic rings. The van der Waals surface area contributed by atoms with E-state index in [0.717, 1.165) is 35.0 Å². The number of nitrogens with one attached hydrogen (secondary N) is 1. The second-order valence-electron chi connectivity index (χ2n) is 7.31. The van der Waals surface area contributed by atoms with Crippen LogP contribution < -0.4 is 30.3 Å². The maximum Gasteiger partial charge on any atom is 0.179 e. The van der Waals surface area contributed by atoms with Crippen LogP contribution in [0.25, 0.3) is 10.9 Å². The molecule has 180 valence electrons. The highest BCUT2D eigenvalue weighted by molar-refractivity contribution is 7.42. The molecule has 2 aromatic carbocycles. The van der Waals surface area contributed by atoms with Crippen LogP contribution in [0.4, 0.5) is 10.1 Å². The zero-order valence-electron chi connectivity index (χ0n) is 18.6. The Bertz CT molecular complexity index is 1100. The van der Waals surface area contributed by atoms with E-state index in [0.29, 0.717) is 23.8 Å². The maximum absolute atomic E-state index is 13.2. The molecular weight excluding hydrogens is 452 g/mol. The number of fused-ring (bicyclic) bond motifs is 1. The first-order chi connectivity index (χ1) is 15.5. The summed E-state index contributed by atoms with van der Waals surface area (Å²) in [7, 11) is -3.54. The number of ether oxygens (including phenoxy) is 2. The molecular formula is C22H27FN3O6P-2. The average Bonchev–Trinajstić information content (AvgIpc) is 2.74. The van der Waals surface area contributed by atoms with E-state index in [4.69, 9.17) is 34.5 Å². The number of aromatic nitrogens is 1. The number of nitrogens with two attached hydrogens (primary N) is 1. The van der Waals surface area contributed by atoms with Crippen LogP contribution in [0.1, 0.15) is 25.3 Å². The van der Waals surface area contributed by atoms with Gasteiger partial charge in [0, 0.05) is 18.3 Å². The Kier molecular flexibility index (Phi) is 9.57. The molecule has 1 aromatic heterocycles. The van der Waals surface area contributed by atoms with Crippen molar-refractivity contribution in [2.45, 2.75) is 32.7 Å². The van der Waals surface area contributed by atoms with Gasteiger partial charge in [0.15, 0.2) is 11.5 Å². The first kappa shape index (κ1) is 26.5. The number of anilines is 1. The molecule has 1 heterocycles. The number of hydrogen-bond donors (Lipinski definition) is 3. The van der Waals surface area contributed by atoms with Crippen molar-refractivity contribution in [3.05, 3.63) is 54.0 Å². The van der Waals surface area contributed by atoms with Gasteiger partial charge >= 0.3 is 0 Å². The Balaban J connectivity index is 0.000000696. The smallest absolute Gasteiger partial charge is 0.179 e. The minimum Gasteiger partial charge on any atom is -0.790 e. The minimum absolute atomic E-state index is 0.239. The number of methoxy groups -OCH3 is 1. The molecule has 4 N–H and O–H groups in total. The fraction of sp³-hybridized carbons (Fsp3) is 0.318. The number of benzene rings is 2. The largest absolute Gasteiger partial charge is 0.790 e. The van der Waals surface area contributed by atoms with E-state index in [9.17, 15) is 4.39 Å². The van der Waals surface area contributed by atoms with Gasteiger partial charge in [0.2, 0.25) is 0 Å². The van der Waals surface area contributed by atoms with Gasteiger partial charge in [0.1, 0.15) is 11.6 Å². The molecule has 11 heteroatoms. The van der Waals surface area contributed by atoms with Crippen molar-refractivity contribution in [2.24, 2.45) is 5.73 Å². The number of halogens is 1. The van der Waals surface area contributed by atoms with Crippen LogP contribution in [-0.4, -0.2) is 29.6 Å². The van der Waals surface area contributed by atoms with Crippen LogP contribution in [0.15, 0.2) is 42.6 Å². The second kappa shape index (κ2) is 11.9. The fourth-order valence-electron chi connectivity index (χ4n) is 3.18. The Morgan fingerprint density at radius 3 is 2.48 bits per heavy atom. The predicted molar refractivity (Wildman–Crippen MR) is 121 cm³/mol. The second-order valence-corrected chi connectivity index (χ2v) is 8.24. The summed E-state index contributed by atoms with van der Waals surface area (Å²) in [4.78, 5) is 28.9. The molecule has 1 atom stereocenters. The Morgan fingerprint density at radius 1 is 1.27 bits per heavy atom. The standard InChI is InChI=1S/C22H26FN3O2.H3O4P/c1-14-10-12-25-21-18(26-15(2)5-4-11-24)13-19(27-3)22(20(14)21)28-17-8-6-16(23)7-9-17;1-5(2,3)4/h6-10,12-13,15,26H,4-5,11,24H2,1-3H3;(H3,1,2,3,4)/p-2.